The van der Waals surface area contributed by atoms with Gasteiger partial charge in [-0.1, -0.05) is 31.0 Å². The summed E-state index contributed by atoms with van der Waals surface area (Å²) in [5.74, 6) is -1.01. The van der Waals surface area contributed by atoms with Gasteiger partial charge in [0.05, 0.1) is 12.8 Å². The molecule has 1 aliphatic rings. The average molecular weight is 484 g/mol. The monoisotopic (exact) mass is 483 g/mol. The molecule has 0 saturated heterocycles. The molecule has 2 amide bonds. The molecule has 1 aliphatic carbocycles. The number of rotatable bonds is 8. The molecular formula is C26H33N3O6. The molecule has 1 unspecified atom stereocenters. The fourth-order valence-corrected chi connectivity index (χ4v) is 4.18. The summed E-state index contributed by atoms with van der Waals surface area (Å²) >= 11 is 0. The number of alkyl carbamates (subject to hydrolysis) is 1. The van der Waals surface area contributed by atoms with E-state index < -0.39 is 35.2 Å². The van der Waals surface area contributed by atoms with Crippen molar-refractivity contribution in [3.05, 3.63) is 48.2 Å². The van der Waals surface area contributed by atoms with E-state index in [0.717, 1.165) is 18.4 Å². The van der Waals surface area contributed by atoms with Crippen molar-refractivity contribution in [3.8, 4) is 17.0 Å². The van der Waals surface area contributed by atoms with Crippen LogP contribution in [0.25, 0.3) is 11.3 Å². The van der Waals surface area contributed by atoms with E-state index in [-0.39, 0.29) is 6.42 Å². The fourth-order valence-electron chi connectivity index (χ4n) is 4.18. The van der Waals surface area contributed by atoms with Gasteiger partial charge in [-0.2, -0.15) is 0 Å². The molecule has 9 heteroatoms. The topological polar surface area (TPSA) is 127 Å². The smallest absolute Gasteiger partial charge is 0.408 e. The Bertz CT molecular complexity index is 1060. The number of ether oxygens (including phenoxy) is 2. The number of nitrogens with zero attached hydrogens (tertiary/aromatic N) is 1. The molecule has 3 rings (SSSR count). The van der Waals surface area contributed by atoms with Crippen molar-refractivity contribution >= 4 is 18.0 Å². The van der Waals surface area contributed by atoms with E-state index >= 15 is 0 Å². The number of carbonyl (C=O) groups excluding carboxylic acids is 2. The molecule has 188 valence electrons. The standard InChI is InChI=1S/C26H33N3O6/c1-25(2,3)35-24(33)29-26(13-7-8-14-26)23(32)28-20(22(30)31)15-17-11-12-19(27-16-17)18-9-5-6-10-21(18)34-4/h5-6,9-12,16,20H,7-8,13-15H2,1-4H3,(H,28,32)(H,29,33)(H,30,31). The SMILES string of the molecule is COc1ccccc1-c1ccc(CC(NC(=O)C2(NC(=O)OC(C)(C)C)CCCC2)C(=O)O)cn1. The van der Waals surface area contributed by atoms with E-state index in [1.807, 2.05) is 24.3 Å². The van der Waals surface area contributed by atoms with Crippen molar-refractivity contribution in [2.45, 2.75) is 70.1 Å². The molecule has 0 spiro atoms. The number of carbonyl (C=O) groups is 3. The summed E-state index contributed by atoms with van der Waals surface area (Å²) in [4.78, 5) is 42.0. The maximum atomic E-state index is 13.2. The molecule has 0 radical (unpaired) electrons. The summed E-state index contributed by atoms with van der Waals surface area (Å²) in [5.41, 5.74) is 0.251. The number of amides is 2. The fraction of sp³-hybridized carbons (Fsp3) is 0.462. The third-order valence-corrected chi connectivity index (χ3v) is 5.88. The van der Waals surface area contributed by atoms with Gasteiger partial charge in [-0.15, -0.1) is 0 Å². The van der Waals surface area contributed by atoms with E-state index in [0.29, 0.717) is 29.8 Å². The molecular weight excluding hydrogens is 450 g/mol. The van der Waals surface area contributed by atoms with Gasteiger partial charge in [0.2, 0.25) is 5.91 Å². The number of pyridine rings is 1. The number of methoxy groups -OCH3 is 1. The van der Waals surface area contributed by atoms with E-state index in [4.69, 9.17) is 9.47 Å². The molecule has 1 aromatic heterocycles. The second-order valence-corrected chi connectivity index (χ2v) is 9.74. The number of carboxylic acid groups (broad SMARTS) is 1. The Morgan fingerprint density at radius 2 is 1.80 bits per heavy atom. The lowest BCUT2D eigenvalue weighted by Gasteiger charge is -2.31. The van der Waals surface area contributed by atoms with Crippen molar-refractivity contribution in [1.29, 1.82) is 0 Å². The van der Waals surface area contributed by atoms with Gasteiger partial charge in [-0.05, 0) is 57.4 Å². The van der Waals surface area contributed by atoms with Gasteiger partial charge in [-0.25, -0.2) is 9.59 Å². The van der Waals surface area contributed by atoms with Crippen LogP contribution in [-0.2, 0) is 20.7 Å². The van der Waals surface area contributed by atoms with Crippen LogP contribution < -0.4 is 15.4 Å². The Kier molecular flexibility index (Phi) is 7.99. The lowest BCUT2D eigenvalue weighted by atomic mass is 9.95. The van der Waals surface area contributed by atoms with Crippen LogP contribution in [0.4, 0.5) is 4.79 Å². The lowest BCUT2D eigenvalue weighted by molar-refractivity contribution is -0.142. The van der Waals surface area contributed by atoms with E-state index in [2.05, 4.69) is 15.6 Å². The van der Waals surface area contributed by atoms with Crippen LogP contribution in [0.2, 0.25) is 0 Å². The maximum Gasteiger partial charge on any atom is 0.408 e. The van der Waals surface area contributed by atoms with Crippen molar-refractivity contribution < 1.29 is 29.0 Å². The van der Waals surface area contributed by atoms with Gasteiger partial charge >= 0.3 is 12.1 Å². The summed E-state index contributed by atoms with van der Waals surface area (Å²) < 4.78 is 10.7. The van der Waals surface area contributed by atoms with E-state index in [9.17, 15) is 19.5 Å². The minimum absolute atomic E-state index is 0.0444. The second-order valence-electron chi connectivity index (χ2n) is 9.74. The molecule has 1 atom stereocenters. The normalized spacial score (nSPS) is 15.7. The number of hydrogen-bond acceptors (Lipinski definition) is 6. The number of aliphatic carboxylic acids is 1. The first-order valence-electron chi connectivity index (χ1n) is 11.7. The zero-order valence-electron chi connectivity index (χ0n) is 20.6. The van der Waals surface area contributed by atoms with Crippen molar-refractivity contribution in [1.82, 2.24) is 15.6 Å². The predicted octanol–water partition coefficient (Wildman–Crippen LogP) is 3.71. The molecule has 1 fully saturated rings. The molecule has 3 N–H and O–H groups in total. The molecule has 0 bridgehead atoms. The van der Waals surface area contributed by atoms with Crippen LogP contribution in [-0.4, -0.2) is 52.4 Å². The summed E-state index contributed by atoms with van der Waals surface area (Å²) in [6.45, 7) is 5.21. The second kappa shape index (κ2) is 10.8. The highest BCUT2D eigenvalue weighted by Crippen LogP contribution is 2.31. The highest BCUT2D eigenvalue weighted by Gasteiger charge is 2.44. The van der Waals surface area contributed by atoms with Crippen molar-refractivity contribution in [2.75, 3.05) is 7.11 Å². The number of nitrogens with one attached hydrogen (secondary N) is 2. The van der Waals surface area contributed by atoms with Crippen LogP contribution in [0.5, 0.6) is 5.75 Å². The molecule has 1 saturated carbocycles. The Balaban J connectivity index is 1.72. The third-order valence-electron chi connectivity index (χ3n) is 5.88. The molecule has 1 heterocycles. The number of carboxylic acids is 1. The van der Waals surface area contributed by atoms with Crippen LogP contribution in [0.1, 0.15) is 52.0 Å². The van der Waals surface area contributed by atoms with Crippen LogP contribution in [0.15, 0.2) is 42.6 Å². The predicted molar refractivity (Wildman–Crippen MR) is 130 cm³/mol. The minimum atomic E-state index is -1.19. The number of hydrogen-bond donors (Lipinski definition) is 3. The Morgan fingerprint density at radius 1 is 1.11 bits per heavy atom. The summed E-state index contributed by atoms with van der Waals surface area (Å²) in [6, 6.07) is 9.86. The first-order chi connectivity index (χ1) is 16.5. The largest absolute Gasteiger partial charge is 0.496 e. The van der Waals surface area contributed by atoms with Gasteiger partial charge in [-0.3, -0.25) is 9.78 Å². The van der Waals surface area contributed by atoms with Gasteiger partial charge < -0.3 is 25.2 Å². The number of benzene rings is 1. The van der Waals surface area contributed by atoms with Crippen LogP contribution in [0.3, 0.4) is 0 Å². The Hall–Kier alpha value is -3.62. The van der Waals surface area contributed by atoms with E-state index in [1.165, 1.54) is 0 Å². The first kappa shape index (κ1) is 26.0. The summed E-state index contributed by atoms with van der Waals surface area (Å²) in [7, 11) is 1.59. The van der Waals surface area contributed by atoms with Gasteiger partial charge in [0, 0.05) is 18.2 Å². The molecule has 35 heavy (non-hydrogen) atoms. The van der Waals surface area contributed by atoms with Gasteiger partial charge in [0.15, 0.2) is 0 Å². The quantitative estimate of drug-likeness (QED) is 0.522. The van der Waals surface area contributed by atoms with Crippen molar-refractivity contribution in [2.24, 2.45) is 0 Å². The number of para-hydroxylation sites is 1. The number of aromatic nitrogens is 1. The van der Waals surface area contributed by atoms with E-state index in [1.54, 1.807) is 46.2 Å². The first-order valence-corrected chi connectivity index (χ1v) is 11.7. The maximum absolute atomic E-state index is 13.2. The average Bonchev–Trinajstić information content (AvgIpc) is 3.27. The van der Waals surface area contributed by atoms with Gasteiger partial charge in [0.1, 0.15) is 22.9 Å². The highest BCUT2D eigenvalue weighted by atomic mass is 16.6. The molecule has 1 aromatic carbocycles. The van der Waals surface area contributed by atoms with Gasteiger partial charge in [0.25, 0.3) is 0 Å². The minimum Gasteiger partial charge on any atom is -0.496 e. The molecule has 9 nitrogen and oxygen atoms in total. The molecule has 0 aliphatic heterocycles. The van der Waals surface area contributed by atoms with Crippen LogP contribution >= 0.6 is 0 Å². The third kappa shape index (κ3) is 6.71. The Labute approximate surface area is 205 Å². The summed E-state index contributed by atoms with van der Waals surface area (Å²) in [6.07, 6.45) is 3.26. The zero-order valence-corrected chi connectivity index (χ0v) is 20.6. The zero-order chi connectivity index (χ0) is 25.6. The summed E-state index contributed by atoms with van der Waals surface area (Å²) in [5, 5.41) is 15.1. The molecule has 2 aromatic rings. The highest BCUT2D eigenvalue weighted by molar-refractivity contribution is 5.93. The Morgan fingerprint density at radius 3 is 2.37 bits per heavy atom. The lowest BCUT2D eigenvalue weighted by Crippen LogP contribution is -2.60. The van der Waals surface area contributed by atoms with Crippen molar-refractivity contribution in [3.63, 3.8) is 0 Å². The van der Waals surface area contributed by atoms with Crippen LogP contribution in [0, 0.1) is 0 Å².